The van der Waals surface area contributed by atoms with Crippen LogP contribution in [0.4, 0.5) is 0 Å². The fourth-order valence-corrected chi connectivity index (χ4v) is 8.65. The van der Waals surface area contributed by atoms with Gasteiger partial charge in [-0.3, -0.25) is 9.59 Å². The number of unbranched alkanes of at least 4 members (excludes halogenated alkanes) is 30. The van der Waals surface area contributed by atoms with Gasteiger partial charge in [-0.1, -0.05) is 248 Å². The molecule has 0 bridgehead atoms. The van der Waals surface area contributed by atoms with Crippen LogP contribution >= 0.6 is 0 Å². The maximum Gasteiger partial charge on any atom is 0.306 e. The Kier molecular flexibility index (Phi) is 52.5. The number of allylic oxidation sites excluding steroid dienone is 10. The van der Waals surface area contributed by atoms with Gasteiger partial charge in [0, 0.05) is 6.42 Å². The fraction of sp³-hybridized carbons (Fsp3) is 0.803. The van der Waals surface area contributed by atoms with Crippen molar-refractivity contribution in [1.29, 1.82) is 0 Å². The minimum Gasteiger partial charge on any atom is -0.462 e. The van der Waals surface area contributed by atoms with Gasteiger partial charge in [0.1, 0.15) is 6.10 Å². The Morgan fingerprint density at radius 2 is 0.776 bits per heavy atom. The van der Waals surface area contributed by atoms with Crippen molar-refractivity contribution in [3.63, 3.8) is 0 Å². The van der Waals surface area contributed by atoms with Gasteiger partial charge in [-0.05, 0) is 89.9 Å². The Labute approximate surface area is 416 Å². The summed E-state index contributed by atoms with van der Waals surface area (Å²) < 4.78 is 5.93. The molecule has 0 aliphatic carbocycles. The number of amides is 1. The largest absolute Gasteiger partial charge is 0.462 e. The lowest BCUT2D eigenvalue weighted by molar-refractivity contribution is -0.151. The molecule has 3 N–H and O–H groups in total. The molecule has 3 atom stereocenters. The highest BCUT2D eigenvalue weighted by Gasteiger charge is 2.24. The van der Waals surface area contributed by atoms with Crippen LogP contribution in [0.5, 0.6) is 0 Å². The molecule has 0 radical (unpaired) electrons. The third-order valence-electron chi connectivity index (χ3n) is 13.1. The van der Waals surface area contributed by atoms with Crippen LogP contribution in [0, 0.1) is 0 Å². The van der Waals surface area contributed by atoms with E-state index in [1.165, 1.54) is 173 Å². The molecule has 67 heavy (non-hydrogen) atoms. The normalized spacial score (nSPS) is 13.6. The Bertz CT molecular complexity index is 1190. The van der Waals surface area contributed by atoms with Gasteiger partial charge in [-0.2, -0.15) is 0 Å². The van der Waals surface area contributed by atoms with Crippen LogP contribution in [0.15, 0.2) is 60.8 Å². The van der Waals surface area contributed by atoms with Crippen LogP contribution in [-0.2, 0) is 14.3 Å². The van der Waals surface area contributed by atoms with Crippen molar-refractivity contribution in [3.8, 4) is 0 Å². The molecule has 0 aromatic heterocycles. The molecule has 3 unspecified atom stereocenters. The number of rotatable bonds is 52. The minimum absolute atomic E-state index is 0.0384. The van der Waals surface area contributed by atoms with Gasteiger partial charge in [0.05, 0.1) is 25.2 Å². The molecule has 6 heteroatoms. The van der Waals surface area contributed by atoms with E-state index < -0.39 is 18.2 Å². The molecule has 0 heterocycles. The number of hydrogen-bond acceptors (Lipinski definition) is 5. The summed E-state index contributed by atoms with van der Waals surface area (Å²) in [5, 5.41) is 23.9. The highest BCUT2D eigenvalue weighted by Crippen LogP contribution is 2.17. The summed E-state index contributed by atoms with van der Waals surface area (Å²) in [5.74, 6) is -0.525. The van der Waals surface area contributed by atoms with Gasteiger partial charge in [-0.15, -0.1) is 0 Å². The van der Waals surface area contributed by atoms with Crippen LogP contribution in [0.25, 0.3) is 0 Å². The zero-order valence-corrected chi connectivity index (χ0v) is 44.5. The maximum absolute atomic E-state index is 13.3. The fourth-order valence-electron chi connectivity index (χ4n) is 8.65. The van der Waals surface area contributed by atoms with Crippen molar-refractivity contribution in [2.45, 2.75) is 309 Å². The van der Waals surface area contributed by atoms with Gasteiger partial charge in [0.15, 0.2) is 0 Å². The predicted molar refractivity (Wildman–Crippen MR) is 292 cm³/mol. The first kappa shape index (κ1) is 64.6. The van der Waals surface area contributed by atoms with E-state index in [-0.39, 0.29) is 24.9 Å². The molecule has 0 aromatic rings. The van der Waals surface area contributed by atoms with Crippen LogP contribution in [0.1, 0.15) is 290 Å². The summed E-state index contributed by atoms with van der Waals surface area (Å²) in [6.45, 7) is 6.46. The molecule has 1 amide bonds. The molecule has 390 valence electrons. The van der Waals surface area contributed by atoms with E-state index in [9.17, 15) is 19.8 Å². The van der Waals surface area contributed by atoms with Crippen LogP contribution in [0.2, 0.25) is 0 Å². The molecular formula is C61H111NO5. The third kappa shape index (κ3) is 49.8. The second kappa shape index (κ2) is 54.5. The molecule has 0 saturated heterocycles. The highest BCUT2D eigenvalue weighted by atomic mass is 16.5. The van der Waals surface area contributed by atoms with Gasteiger partial charge < -0.3 is 20.3 Å². The monoisotopic (exact) mass is 938 g/mol. The first-order chi connectivity index (χ1) is 33.0. The van der Waals surface area contributed by atoms with Crippen molar-refractivity contribution in [2.75, 3.05) is 6.61 Å². The molecule has 0 saturated carbocycles. The SMILES string of the molecule is CCCCC/C=C\C/C=C\C/C=C\C/C=C\CCCC(CC(=O)NC(CO)C(O)CCCCCCCCCCCCCCCC)OC(=O)CCCCCCCCC/C=C/CCCCCCCC. The van der Waals surface area contributed by atoms with E-state index in [4.69, 9.17) is 4.74 Å². The van der Waals surface area contributed by atoms with E-state index in [1.807, 2.05) is 0 Å². The zero-order valence-electron chi connectivity index (χ0n) is 44.5. The number of hydrogen-bond donors (Lipinski definition) is 3. The lowest BCUT2D eigenvalue weighted by Crippen LogP contribution is -2.46. The minimum atomic E-state index is -0.804. The summed E-state index contributed by atoms with van der Waals surface area (Å²) in [6.07, 6.45) is 68.6. The van der Waals surface area contributed by atoms with E-state index in [1.54, 1.807) is 0 Å². The van der Waals surface area contributed by atoms with Gasteiger partial charge in [0.25, 0.3) is 0 Å². The summed E-state index contributed by atoms with van der Waals surface area (Å²) in [7, 11) is 0. The van der Waals surface area contributed by atoms with E-state index >= 15 is 0 Å². The number of esters is 1. The van der Waals surface area contributed by atoms with Crippen LogP contribution in [-0.4, -0.2) is 46.9 Å². The van der Waals surface area contributed by atoms with Crippen molar-refractivity contribution >= 4 is 11.9 Å². The summed E-state index contributed by atoms with van der Waals surface area (Å²) in [5.41, 5.74) is 0. The molecule has 0 rings (SSSR count). The molecule has 0 aliphatic heterocycles. The molecule has 0 fully saturated rings. The van der Waals surface area contributed by atoms with Gasteiger partial charge in [-0.25, -0.2) is 0 Å². The van der Waals surface area contributed by atoms with Crippen LogP contribution in [0.3, 0.4) is 0 Å². The lowest BCUT2D eigenvalue weighted by atomic mass is 10.0. The molecule has 0 spiro atoms. The Hall–Kier alpha value is -2.44. The zero-order chi connectivity index (χ0) is 48.8. The number of aliphatic hydroxyl groups excluding tert-OH is 2. The molecular weight excluding hydrogens is 827 g/mol. The Balaban J connectivity index is 4.66. The Morgan fingerprint density at radius 1 is 0.433 bits per heavy atom. The quantitative estimate of drug-likeness (QED) is 0.0321. The van der Waals surface area contributed by atoms with Gasteiger partial charge in [0.2, 0.25) is 5.91 Å². The van der Waals surface area contributed by atoms with Crippen molar-refractivity contribution in [3.05, 3.63) is 60.8 Å². The van der Waals surface area contributed by atoms with E-state index in [0.717, 1.165) is 70.6 Å². The van der Waals surface area contributed by atoms with E-state index in [0.29, 0.717) is 19.3 Å². The standard InChI is InChI=1S/C61H111NO5/c1-4-7-10-13-16-19-22-25-28-30-32-34-37-40-43-46-49-52-57(67-61(66)54-51-48-45-42-39-36-33-31-29-26-23-20-17-14-11-8-5-2)55-60(65)62-58(56-63)59(64)53-50-47-44-41-38-35-27-24-21-18-15-12-9-6-3/h16,19,25-26,28-29,32,34,40,43,57-59,63-64H,4-15,17-18,20-24,27,30-31,33,35-39,41-42,44-56H2,1-3H3,(H,62,65)/b19-16-,28-25-,29-26+,34-32-,43-40-. The number of carbonyl (C=O) groups excluding carboxylic acids is 2. The summed E-state index contributed by atoms with van der Waals surface area (Å²) >= 11 is 0. The average molecular weight is 939 g/mol. The predicted octanol–water partition coefficient (Wildman–Crippen LogP) is 18.0. The topological polar surface area (TPSA) is 95.9 Å². The van der Waals surface area contributed by atoms with E-state index in [2.05, 4.69) is 86.8 Å². The molecule has 6 nitrogen and oxygen atoms in total. The number of aliphatic hydroxyl groups is 2. The van der Waals surface area contributed by atoms with Crippen LogP contribution < -0.4 is 5.32 Å². The number of carbonyl (C=O) groups is 2. The third-order valence-corrected chi connectivity index (χ3v) is 13.1. The summed E-state index contributed by atoms with van der Waals surface area (Å²) in [4.78, 5) is 26.3. The van der Waals surface area contributed by atoms with Crippen molar-refractivity contribution < 1.29 is 24.5 Å². The van der Waals surface area contributed by atoms with Crippen molar-refractivity contribution in [2.24, 2.45) is 0 Å². The molecule has 0 aromatic carbocycles. The Morgan fingerprint density at radius 3 is 1.22 bits per heavy atom. The lowest BCUT2D eigenvalue weighted by Gasteiger charge is -2.24. The average Bonchev–Trinajstić information content (AvgIpc) is 3.32. The highest BCUT2D eigenvalue weighted by molar-refractivity contribution is 5.77. The smallest absolute Gasteiger partial charge is 0.306 e. The number of nitrogens with one attached hydrogen (secondary N) is 1. The second-order valence-electron chi connectivity index (χ2n) is 19.7. The van der Waals surface area contributed by atoms with Gasteiger partial charge >= 0.3 is 5.97 Å². The first-order valence-corrected chi connectivity index (χ1v) is 29.0. The molecule has 0 aliphatic rings. The maximum atomic E-state index is 13.3. The first-order valence-electron chi connectivity index (χ1n) is 29.0. The summed E-state index contributed by atoms with van der Waals surface area (Å²) in [6, 6.07) is -0.721. The second-order valence-corrected chi connectivity index (χ2v) is 19.7. The number of ether oxygens (including phenoxy) is 1. The van der Waals surface area contributed by atoms with Crippen molar-refractivity contribution in [1.82, 2.24) is 5.32 Å².